The Morgan fingerprint density at radius 3 is 3.00 bits per heavy atom. The molecule has 0 spiro atoms. The van der Waals surface area contributed by atoms with Crippen LogP contribution in [0.15, 0.2) is 30.6 Å². The van der Waals surface area contributed by atoms with Crippen LogP contribution < -0.4 is 5.32 Å². The number of ether oxygens (including phenoxy) is 1. The highest BCUT2D eigenvalue weighted by Crippen LogP contribution is 2.26. The summed E-state index contributed by atoms with van der Waals surface area (Å²) in [5.41, 5.74) is 2.04. The van der Waals surface area contributed by atoms with Crippen molar-refractivity contribution in [3.8, 4) is 0 Å². The Balaban J connectivity index is 1.70. The Morgan fingerprint density at radius 1 is 1.36 bits per heavy atom. The van der Waals surface area contributed by atoms with Crippen LogP contribution >= 0.6 is 0 Å². The van der Waals surface area contributed by atoms with Crippen LogP contribution in [0.25, 0.3) is 0 Å². The number of aryl methyl sites for hydroxylation is 1. The fourth-order valence-corrected chi connectivity index (χ4v) is 2.98. The van der Waals surface area contributed by atoms with Gasteiger partial charge in [0.1, 0.15) is 12.4 Å². The van der Waals surface area contributed by atoms with E-state index in [0.29, 0.717) is 18.3 Å². The second-order valence-electron chi connectivity index (χ2n) is 6.26. The normalized spacial score (nSPS) is 17.4. The number of nitrogens with one attached hydrogen (secondary N) is 1. The van der Waals surface area contributed by atoms with Gasteiger partial charge in [-0.15, -0.1) is 0 Å². The maximum atomic E-state index is 12.1. The monoisotopic (exact) mass is 341 g/mol. The zero-order chi connectivity index (χ0) is 17.6. The van der Waals surface area contributed by atoms with E-state index in [1.807, 2.05) is 30.0 Å². The number of carbonyl (C=O) groups is 1. The molecule has 2 aromatic heterocycles. The Hall–Kier alpha value is -2.54. The maximum Gasteiger partial charge on any atom is 0.248 e. The van der Waals surface area contributed by atoms with Crippen LogP contribution in [0.4, 0.5) is 11.8 Å². The molecule has 7 heteroatoms. The van der Waals surface area contributed by atoms with Crippen molar-refractivity contribution < 1.29 is 9.53 Å². The molecule has 3 rings (SSSR count). The highest BCUT2D eigenvalue weighted by Gasteiger charge is 2.25. The van der Waals surface area contributed by atoms with Gasteiger partial charge in [0.05, 0.1) is 5.69 Å². The number of carbonyl (C=O) groups excluding carboxylic acids is 1. The molecule has 1 fully saturated rings. The number of hydrogen-bond acceptors (Lipinski definition) is 6. The van der Waals surface area contributed by atoms with Crippen molar-refractivity contribution in [3.05, 3.63) is 41.9 Å². The van der Waals surface area contributed by atoms with Crippen LogP contribution in [-0.2, 0) is 9.53 Å². The summed E-state index contributed by atoms with van der Waals surface area (Å²) in [6, 6.07) is 5.81. The highest BCUT2D eigenvalue weighted by atomic mass is 16.5. The van der Waals surface area contributed by atoms with Crippen molar-refractivity contribution in [3.63, 3.8) is 0 Å². The van der Waals surface area contributed by atoms with Gasteiger partial charge in [-0.1, -0.05) is 6.07 Å². The zero-order valence-corrected chi connectivity index (χ0v) is 14.6. The molecule has 0 radical (unpaired) electrons. The number of amides is 1. The van der Waals surface area contributed by atoms with E-state index in [2.05, 4.69) is 20.3 Å². The first kappa shape index (κ1) is 17.3. The van der Waals surface area contributed by atoms with Crippen molar-refractivity contribution >= 4 is 17.7 Å². The van der Waals surface area contributed by atoms with Crippen molar-refractivity contribution in [2.45, 2.75) is 25.7 Å². The smallest absolute Gasteiger partial charge is 0.248 e. The van der Waals surface area contributed by atoms with Gasteiger partial charge in [-0.25, -0.2) is 15.0 Å². The van der Waals surface area contributed by atoms with Crippen LogP contribution in [0.5, 0.6) is 0 Å². The van der Waals surface area contributed by atoms with Gasteiger partial charge < -0.3 is 15.0 Å². The molecule has 1 aliphatic heterocycles. The fraction of sp³-hybridized carbons (Fsp3) is 0.444. The van der Waals surface area contributed by atoms with Crippen molar-refractivity contribution in [2.75, 3.05) is 32.1 Å². The quantitative estimate of drug-likeness (QED) is 0.899. The minimum absolute atomic E-state index is 0.0310. The zero-order valence-electron chi connectivity index (χ0n) is 14.6. The molecular weight excluding hydrogens is 318 g/mol. The molecule has 1 unspecified atom stereocenters. The van der Waals surface area contributed by atoms with Crippen LogP contribution in [-0.4, -0.2) is 52.6 Å². The number of anilines is 2. The lowest BCUT2D eigenvalue weighted by molar-refractivity contribution is -0.136. The second kappa shape index (κ2) is 8.02. The summed E-state index contributed by atoms with van der Waals surface area (Å²) >= 11 is 0. The van der Waals surface area contributed by atoms with E-state index in [1.165, 1.54) is 0 Å². The molecule has 2 aromatic rings. The minimum atomic E-state index is 0.0310. The SMILES string of the molecule is COCC(=O)N1CCCC(c2ccnc(Nc3ccc(C)cn3)n2)C1. The van der Waals surface area contributed by atoms with Gasteiger partial charge in [-0.3, -0.25) is 4.79 Å². The Bertz CT molecular complexity index is 720. The molecule has 0 saturated carbocycles. The molecular formula is C18H23N5O2. The average molecular weight is 341 g/mol. The first-order chi connectivity index (χ1) is 12.2. The van der Waals surface area contributed by atoms with Crippen LogP contribution in [0.3, 0.4) is 0 Å². The first-order valence-corrected chi connectivity index (χ1v) is 8.45. The van der Waals surface area contributed by atoms with E-state index in [0.717, 1.165) is 30.6 Å². The van der Waals surface area contributed by atoms with Gasteiger partial charge in [0.15, 0.2) is 0 Å². The predicted octanol–water partition coefficient (Wildman–Crippen LogP) is 2.28. The van der Waals surface area contributed by atoms with Gasteiger partial charge in [0.2, 0.25) is 11.9 Å². The Kier molecular flexibility index (Phi) is 5.55. The summed E-state index contributed by atoms with van der Waals surface area (Å²) < 4.78 is 4.96. The predicted molar refractivity (Wildman–Crippen MR) is 94.7 cm³/mol. The van der Waals surface area contributed by atoms with E-state index in [9.17, 15) is 4.79 Å². The maximum absolute atomic E-state index is 12.1. The van der Waals surface area contributed by atoms with Crippen molar-refractivity contribution in [1.82, 2.24) is 19.9 Å². The van der Waals surface area contributed by atoms with E-state index >= 15 is 0 Å². The Morgan fingerprint density at radius 2 is 2.24 bits per heavy atom. The molecule has 25 heavy (non-hydrogen) atoms. The molecule has 1 aliphatic rings. The van der Waals surface area contributed by atoms with E-state index in [4.69, 9.17) is 4.74 Å². The van der Waals surface area contributed by atoms with Crippen molar-refractivity contribution in [2.24, 2.45) is 0 Å². The molecule has 0 aliphatic carbocycles. The third-order valence-electron chi connectivity index (χ3n) is 4.29. The second-order valence-corrected chi connectivity index (χ2v) is 6.26. The standard InChI is InChI=1S/C18H23N5O2/c1-13-5-6-16(20-10-13)22-18-19-8-7-15(21-18)14-4-3-9-23(11-14)17(24)12-25-2/h5-8,10,14H,3-4,9,11-12H2,1-2H3,(H,19,20,21,22). The van der Waals surface area contributed by atoms with E-state index in [1.54, 1.807) is 19.5 Å². The molecule has 132 valence electrons. The van der Waals surface area contributed by atoms with Gasteiger partial charge in [0.25, 0.3) is 0 Å². The molecule has 1 saturated heterocycles. The lowest BCUT2D eigenvalue weighted by Gasteiger charge is -2.32. The number of methoxy groups -OCH3 is 1. The molecule has 1 amide bonds. The molecule has 0 bridgehead atoms. The van der Waals surface area contributed by atoms with Crippen LogP contribution in [0.1, 0.15) is 30.0 Å². The molecule has 7 nitrogen and oxygen atoms in total. The van der Waals surface area contributed by atoms with Gasteiger partial charge in [-0.2, -0.15) is 0 Å². The van der Waals surface area contributed by atoms with E-state index < -0.39 is 0 Å². The Labute approximate surface area is 147 Å². The lowest BCUT2D eigenvalue weighted by Crippen LogP contribution is -2.41. The first-order valence-electron chi connectivity index (χ1n) is 8.45. The number of likely N-dealkylation sites (tertiary alicyclic amines) is 1. The summed E-state index contributed by atoms with van der Waals surface area (Å²) in [5.74, 6) is 1.48. The molecule has 1 atom stereocenters. The number of piperidine rings is 1. The highest BCUT2D eigenvalue weighted by molar-refractivity contribution is 5.77. The summed E-state index contributed by atoms with van der Waals surface area (Å²) in [4.78, 5) is 27.1. The number of nitrogens with zero attached hydrogens (tertiary/aromatic N) is 4. The van der Waals surface area contributed by atoms with Crippen LogP contribution in [0, 0.1) is 6.92 Å². The van der Waals surface area contributed by atoms with Gasteiger partial charge in [-0.05, 0) is 37.5 Å². The summed E-state index contributed by atoms with van der Waals surface area (Å²) in [6.45, 7) is 3.57. The van der Waals surface area contributed by atoms with Crippen LogP contribution in [0.2, 0.25) is 0 Å². The minimum Gasteiger partial charge on any atom is -0.375 e. The third-order valence-corrected chi connectivity index (χ3v) is 4.29. The summed E-state index contributed by atoms with van der Waals surface area (Å²) in [5, 5.41) is 3.13. The van der Waals surface area contributed by atoms with Gasteiger partial charge >= 0.3 is 0 Å². The van der Waals surface area contributed by atoms with Gasteiger partial charge in [0, 0.05) is 38.5 Å². The molecule has 3 heterocycles. The largest absolute Gasteiger partial charge is 0.375 e. The topological polar surface area (TPSA) is 80.2 Å². The lowest BCUT2D eigenvalue weighted by atomic mass is 9.94. The van der Waals surface area contributed by atoms with E-state index in [-0.39, 0.29) is 18.4 Å². The average Bonchev–Trinajstić information content (AvgIpc) is 2.64. The molecule has 0 aromatic carbocycles. The number of rotatable bonds is 5. The number of pyridine rings is 1. The van der Waals surface area contributed by atoms with Crippen molar-refractivity contribution in [1.29, 1.82) is 0 Å². The summed E-state index contributed by atoms with van der Waals surface area (Å²) in [6.07, 6.45) is 5.52. The summed E-state index contributed by atoms with van der Waals surface area (Å²) in [7, 11) is 1.54. The number of aromatic nitrogens is 3. The fourth-order valence-electron chi connectivity index (χ4n) is 2.98. The molecule has 1 N–H and O–H groups in total. The number of hydrogen-bond donors (Lipinski definition) is 1. The third kappa shape index (κ3) is 4.51.